The highest BCUT2D eigenvalue weighted by Crippen LogP contribution is 2.17. The Hall–Kier alpha value is -1.89. The van der Waals surface area contributed by atoms with Gasteiger partial charge in [-0.15, -0.1) is 0 Å². The van der Waals surface area contributed by atoms with Gasteiger partial charge in [0, 0.05) is 12.4 Å². The molecule has 1 aromatic heterocycles. The summed E-state index contributed by atoms with van der Waals surface area (Å²) in [6.45, 7) is 2.20. The van der Waals surface area contributed by atoms with E-state index in [1.165, 1.54) is 5.56 Å². The molecule has 0 amide bonds. The van der Waals surface area contributed by atoms with E-state index in [-0.39, 0.29) is 0 Å². The van der Waals surface area contributed by atoms with E-state index in [1.807, 2.05) is 18.3 Å². The molecule has 0 aliphatic carbocycles. The first-order valence-corrected chi connectivity index (χ1v) is 5.49. The molecule has 0 spiro atoms. The third kappa shape index (κ3) is 2.80. The third-order valence-corrected chi connectivity index (χ3v) is 2.59. The molecule has 0 saturated carbocycles. The second-order valence-corrected chi connectivity index (χ2v) is 3.84. The average Bonchev–Trinajstić information content (AvgIpc) is 2.38. The smallest absolute Gasteiger partial charge is 0.0340 e. The fraction of sp³-hybridized carbons (Fsp3) is 0.133. The van der Waals surface area contributed by atoms with E-state index in [2.05, 4.69) is 54.4 Å². The number of aromatic nitrogens is 1. The maximum Gasteiger partial charge on any atom is 0.0340 e. The molecule has 1 heterocycles. The van der Waals surface area contributed by atoms with E-state index in [4.69, 9.17) is 0 Å². The van der Waals surface area contributed by atoms with Crippen molar-refractivity contribution >= 4 is 6.08 Å². The predicted molar refractivity (Wildman–Crippen MR) is 68.1 cm³/mol. The molecule has 2 rings (SSSR count). The molecule has 16 heavy (non-hydrogen) atoms. The molecule has 0 aliphatic rings. The summed E-state index contributed by atoms with van der Waals surface area (Å²) in [5.74, 6) is 0.432. The largest absolute Gasteiger partial charge is 0.264 e. The van der Waals surface area contributed by atoms with Gasteiger partial charge in [-0.3, -0.25) is 4.98 Å². The zero-order valence-corrected chi connectivity index (χ0v) is 9.38. The molecule has 0 N–H and O–H groups in total. The van der Waals surface area contributed by atoms with Crippen LogP contribution in [0.1, 0.15) is 24.0 Å². The van der Waals surface area contributed by atoms with E-state index in [9.17, 15) is 0 Å². The number of hydrogen-bond acceptors (Lipinski definition) is 1. The van der Waals surface area contributed by atoms with Crippen LogP contribution in [0, 0.1) is 0 Å². The van der Waals surface area contributed by atoms with Crippen molar-refractivity contribution in [3.63, 3.8) is 0 Å². The van der Waals surface area contributed by atoms with E-state index in [1.54, 1.807) is 6.20 Å². The zero-order valence-electron chi connectivity index (χ0n) is 9.38. The van der Waals surface area contributed by atoms with Crippen molar-refractivity contribution < 1.29 is 0 Å². The molecular weight excluding hydrogens is 194 g/mol. The van der Waals surface area contributed by atoms with Crippen LogP contribution in [-0.2, 0) is 0 Å². The highest BCUT2D eigenvalue weighted by atomic mass is 14.6. The van der Waals surface area contributed by atoms with Crippen LogP contribution in [0.15, 0.2) is 60.9 Å². The second-order valence-electron chi connectivity index (χ2n) is 3.84. The Morgan fingerprint density at radius 2 is 1.88 bits per heavy atom. The van der Waals surface area contributed by atoms with Crippen LogP contribution < -0.4 is 0 Å². The topological polar surface area (TPSA) is 12.9 Å². The number of benzene rings is 1. The maximum atomic E-state index is 4.08. The fourth-order valence-electron chi connectivity index (χ4n) is 1.60. The van der Waals surface area contributed by atoms with Gasteiger partial charge in [-0.05, 0) is 23.1 Å². The van der Waals surface area contributed by atoms with Crippen LogP contribution in [-0.4, -0.2) is 4.98 Å². The lowest BCUT2D eigenvalue weighted by atomic mass is 10.0. The van der Waals surface area contributed by atoms with Crippen molar-refractivity contribution in [1.29, 1.82) is 0 Å². The van der Waals surface area contributed by atoms with Gasteiger partial charge in [0.05, 0.1) is 0 Å². The minimum Gasteiger partial charge on any atom is -0.264 e. The fourth-order valence-corrected chi connectivity index (χ4v) is 1.60. The Morgan fingerprint density at radius 3 is 2.56 bits per heavy atom. The summed E-state index contributed by atoms with van der Waals surface area (Å²) < 4.78 is 0. The van der Waals surface area contributed by atoms with Crippen molar-refractivity contribution in [2.45, 2.75) is 12.8 Å². The third-order valence-electron chi connectivity index (χ3n) is 2.59. The monoisotopic (exact) mass is 209 g/mol. The Balaban J connectivity index is 2.08. The van der Waals surface area contributed by atoms with Crippen molar-refractivity contribution in [2.75, 3.05) is 0 Å². The molecule has 0 unspecified atom stereocenters. The van der Waals surface area contributed by atoms with Crippen LogP contribution >= 0.6 is 0 Å². The molecular formula is C15H15N. The summed E-state index contributed by atoms with van der Waals surface area (Å²) in [6.07, 6.45) is 7.98. The summed E-state index contributed by atoms with van der Waals surface area (Å²) in [6, 6.07) is 14.5. The average molecular weight is 209 g/mol. The molecule has 0 saturated heterocycles. The van der Waals surface area contributed by atoms with Crippen molar-refractivity contribution in [3.8, 4) is 0 Å². The molecule has 1 atom stereocenters. The molecule has 1 heteroatoms. The van der Waals surface area contributed by atoms with Crippen LogP contribution in [0.25, 0.3) is 6.08 Å². The Kier molecular flexibility index (Phi) is 3.50. The van der Waals surface area contributed by atoms with Crippen LogP contribution in [0.4, 0.5) is 0 Å². The van der Waals surface area contributed by atoms with Gasteiger partial charge in [0.1, 0.15) is 0 Å². The van der Waals surface area contributed by atoms with Crippen molar-refractivity contribution in [2.24, 2.45) is 0 Å². The van der Waals surface area contributed by atoms with E-state index < -0.39 is 0 Å². The summed E-state index contributed by atoms with van der Waals surface area (Å²) in [7, 11) is 0. The summed E-state index contributed by atoms with van der Waals surface area (Å²) in [5, 5.41) is 0. The SMILES string of the molecule is C[C@H](/C=C/c1cccnc1)c1ccccc1. The standard InChI is InChI=1S/C15H15N/c1-13(15-7-3-2-4-8-15)9-10-14-6-5-11-16-12-14/h2-13H,1H3/b10-9+/t13-/m1/s1. The number of pyridine rings is 1. The van der Waals surface area contributed by atoms with Crippen molar-refractivity contribution in [3.05, 3.63) is 72.1 Å². The molecule has 0 fully saturated rings. The van der Waals surface area contributed by atoms with Crippen LogP contribution in [0.5, 0.6) is 0 Å². The first-order valence-electron chi connectivity index (χ1n) is 5.49. The highest BCUT2D eigenvalue weighted by Gasteiger charge is 1.98. The normalized spacial score (nSPS) is 12.8. The van der Waals surface area contributed by atoms with Gasteiger partial charge in [0.15, 0.2) is 0 Å². The minimum absolute atomic E-state index is 0.432. The van der Waals surface area contributed by atoms with Crippen molar-refractivity contribution in [1.82, 2.24) is 4.98 Å². The number of allylic oxidation sites excluding steroid dienone is 1. The first kappa shape index (κ1) is 10.6. The molecule has 1 nitrogen and oxygen atoms in total. The molecule has 0 bridgehead atoms. The summed E-state index contributed by atoms with van der Waals surface area (Å²) in [4.78, 5) is 4.08. The lowest BCUT2D eigenvalue weighted by Gasteiger charge is -2.05. The first-order chi connectivity index (χ1) is 7.86. The number of nitrogens with zero attached hydrogens (tertiary/aromatic N) is 1. The molecule has 0 aliphatic heterocycles. The molecule has 2 aromatic rings. The van der Waals surface area contributed by atoms with Gasteiger partial charge in [-0.2, -0.15) is 0 Å². The van der Waals surface area contributed by atoms with Gasteiger partial charge in [-0.1, -0.05) is 55.5 Å². The van der Waals surface area contributed by atoms with Crippen LogP contribution in [0.2, 0.25) is 0 Å². The lowest BCUT2D eigenvalue weighted by Crippen LogP contribution is -1.87. The van der Waals surface area contributed by atoms with E-state index >= 15 is 0 Å². The molecule has 80 valence electrons. The van der Waals surface area contributed by atoms with Gasteiger partial charge >= 0.3 is 0 Å². The summed E-state index contributed by atoms with van der Waals surface area (Å²) in [5.41, 5.74) is 2.48. The molecule has 1 aromatic carbocycles. The molecule has 0 radical (unpaired) electrons. The number of rotatable bonds is 3. The van der Waals surface area contributed by atoms with Crippen LogP contribution in [0.3, 0.4) is 0 Å². The zero-order chi connectivity index (χ0) is 11.2. The summed E-state index contributed by atoms with van der Waals surface area (Å²) >= 11 is 0. The van der Waals surface area contributed by atoms with Gasteiger partial charge in [-0.25, -0.2) is 0 Å². The Morgan fingerprint density at radius 1 is 1.06 bits per heavy atom. The van der Waals surface area contributed by atoms with Gasteiger partial charge in [0.25, 0.3) is 0 Å². The second kappa shape index (κ2) is 5.26. The Labute approximate surface area is 96.5 Å². The quantitative estimate of drug-likeness (QED) is 0.747. The van der Waals surface area contributed by atoms with E-state index in [0.29, 0.717) is 5.92 Å². The highest BCUT2D eigenvalue weighted by molar-refractivity contribution is 5.49. The van der Waals surface area contributed by atoms with E-state index in [0.717, 1.165) is 5.56 Å². The predicted octanol–water partition coefficient (Wildman–Crippen LogP) is 3.90. The number of hydrogen-bond donors (Lipinski definition) is 0. The maximum absolute atomic E-state index is 4.08. The van der Waals surface area contributed by atoms with Gasteiger partial charge in [0.2, 0.25) is 0 Å². The Bertz CT molecular complexity index is 445. The van der Waals surface area contributed by atoms with Gasteiger partial charge < -0.3 is 0 Å². The minimum atomic E-state index is 0.432. The lowest BCUT2D eigenvalue weighted by molar-refractivity contribution is 0.973.